The molecule has 0 atom stereocenters. The van der Waals surface area contributed by atoms with E-state index >= 15 is 0 Å². The topological polar surface area (TPSA) is 0 Å². The Bertz CT molecular complexity index is 1320. The summed E-state index contributed by atoms with van der Waals surface area (Å²) in [5, 5.41) is 5.76. The first-order valence-corrected chi connectivity index (χ1v) is 12.3. The number of hydrogen-bond acceptors (Lipinski definition) is 1. The summed E-state index contributed by atoms with van der Waals surface area (Å²) in [6, 6.07) is 24.8. The predicted molar refractivity (Wildman–Crippen MR) is 141 cm³/mol. The molecular formula is C29H31BS. The second-order valence-electron chi connectivity index (χ2n) is 10.5. The fourth-order valence-corrected chi connectivity index (χ4v) is 7.02. The van der Waals surface area contributed by atoms with E-state index in [0.717, 1.165) is 0 Å². The third-order valence-electron chi connectivity index (χ3n) is 8.19. The number of hydrogen-bond donors (Lipinski definition) is 0. The molecule has 0 radical (unpaired) electrons. The molecule has 0 spiro atoms. The molecule has 0 aromatic heterocycles. The zero-order chi connectivity index (χ0) is 22.0. The van der Waals surface area contributed by atoms with Crippen molar-refractivity contribution < 1.29 is 0 Å². The predicted octanol–water partition coefficient (Wildman–Crippen LogP) is 9.18. The van der Waals surface area contributed by atoms with Crippen LogP contribution >= 0.6 is 11.6 Å². The first kappa shape index (κ1) is 20.7. The molecule has 0 unspecified atom stereocenters. The summed E-state index contributed by atoms with van der Waals surface area (Å²) < 4.78 is 0. The fraction of sp³-hybridized carbons (Fsp3) is 0.310. The molecule has 0 saturated carbocycles. The highest BCUT2D eigenvalue weighted by Crippen LogP contribution is 2.65. The lowest BCUT2D eigenvalue weighted by Gasteiger charge is -2.56. The van der Waals surface area contributed by atoms with Crippen molar-refractivity contribution in [1.82, 2.24) is 0 Å². The van der Waals surface area contributed by atoms with Crippen LogP contribution in [0.15, 0.2) is 71.6 Å². The van der Waals surface area contributed by atoms with Crippen LogP contribution in [0, 0.1) is 19.3 Å². The van der Waals surface area contributed by atoms with Crippen molar-refractivity contribution in [2.45, 2.75) is 58.1 Å². The molecule has 0 aliphatic carbocycles. The van der Waals surface area contributed by atoms with E-state index in [1.165, 1.54) is 55.0 Å². The minimum Gasteiger partial charge on any atom is -0.175 e. The van der Waals surface area contributed by atoms with Crippen molar-refractivity contribution in [3.63, 3.8) is 0 Å². The first-order chi connectivity index (χ1) is 14.7. The first-order valence-electron chi connectivity index (χ1n) is 11.4. The molecule has 1 saturated heterocycles. The third-order valence-corrected chi connectivity index (χ3v) is 9.76. The van der Waals surface area contributed by atoms with E-state index in [0.29, 0.717) is 16.7 Å². The molecule has 1 aliphatic rings. The van der Waals surface area contributed by atoms with Gasteiger partial charge in [-0.15, -0.1) is 0 Å². The molecule has 0 nitrogen and oxygen atoms in total. The van der Waals surface area contributed by atoms with Crippen LogP contribution in [0.2, 0.25) is 11.6 Å². The van der Waals surface area contributed by atoms with Gasteiger partial charge in [-0.1, -0.05) is 88.6 Å². The van der Waals surface area contributed by atoms with Crippen LogP contribution in [0.25, 0.3) is 32.7 Å². The van der Waals surface area contributed by atoms with Crippen molar-refractivity contribution in [3.05, 3.63) is 77.9 Å². The molecule has 4 aromatic carbocycles. The summed E-state index contributed by atoms with van der Waals surface area (Å²) in [6.07, 6.45) is 1.28. The lowest BCUT2D eigenvalue weighted by atomic mass is 9.27. The maximum atomic E-state index is 2.45. The summed E-state index contributed by atoms with van der Waals surface area (Å²) in [5.41, 5.74) is 5.91. The SMILES string of the molecule is Cc1ccc(SB2CC(C)(C)C2(C)C)cc1-c1c(C)c2ccccc2c2ccccc12. The molecule has 4 aromatic rings. The van der Waals surface area contributed by atoms with Crippen molar-refractivity contribution in [1.29, 1.82) is 0 Å². The van der Waals surface area contributed by atoms with Gasteiger partial charge in [0, 0.05) is 0 Å². The van der Waals surface area contributed by atoms with E-state index < -0.39 is 0 Å². The Hall–Kier alpha value is -2.19. The molecule has 0 bridgehead atoms. The largest absolute Gasteiger partial charge is 0.222 e. The van der Waals surface area contributed by atoms with Crippen molar-refractivity contribution in [2.24, 2.45) is 5.41 Å². The van der Waals surface area contributed by atoms with E-state index in [1.807, 2.05) is 0 Å². The fourth-order valence-electron chi connectivity index (χ4n) is 5.25. The van der Waals surface area contributed by atoms with Gasteiger partial charge in [0.1, 0.15) is 0 Å². The molecule has 1 fully saturated rings. The van der Waals surface area contributed by atoms with E-state index in [9.17, 15) is 0 Å². The van der Waals surface area contributed by atoms with Gasteiger partial charge in [-0.2, -0.15) is 11.6 Å². The van der Waals surface area contributed by atoms with Crippen molar-refractivity contribution >= 4 is 39.1 Å². The van der Waals surface area contributed by atoms with Crippen LogP contribution in [0.5, 0.6) is 0 Å². The highest BCUT2D eigenvalue weighted by molar-refractivity contribution is 8.26. The molecular weight excluding hydrogens is 391 g/mol. The number of rotatable bonds is 3. The molecule has 1 heterocycles. The second kappa shape index (κ2) is 7.17. The van der Waals surface area contributed by atoms with Crippen LogP contribution < -0.4 is 0 Å². The van der Waals surface area contributed by atoms with Gasteiger partial charge in [0.15, 0.2) is 0 Å². The van der Waals surface area contributed by atoms with Crippen LogP contribution in [0.3, 0.4) is 0 Å². The zero-order valence-corrected chi connectivity index (χ0v) is 20.4. The van der Waals surface area contributed by atoms with E-state index in [2.05, 4.69) is 120 Å². The van der Waals surface area contributed by atoms with Crippen LogP contribution in [0.4, 0.5) is 0 Å². The van der Waals surface area contributed by atoms with Gasteiger partial charge in [-0.05, 0) is 85.4 Å². The van der Waals surface area contributed by atoms with Gasteiger partial charge in [0.2, 0.25) is 5.99 Å². The Kier molecular flexibility index (Phi) is 4.79. The van der Waals surface area contributed by atoms with E-state index in [-0.39, 0.29) is 0 Å². The van der Waals surface area contributed by atoms with Gasteiger partial charge < -0.3 is 0 Å². The van der Waals surface area contributed by atoms with Gasteiger partial charge in [0.05, 0.1) is 0 Å². The molecule has 1 aliphatic heterocycles. The second-order valence-corrected chi connectivity index (χ2v) is 11.8. The normalized spacial score (nSPS) is 17.2. The third kappa shape index (κ3) is 3.14. The molecule has 2 heteroatoms. The average Bonchev–Trinajstić information content (AvgIpc) is 2.75. The monoisotopic (exact) mass is 422 g/mol. The van der Waals surface area contributed by atoms with E-state index in [4.69, 9.17) is 0 Å². The quantitative estimate of drug-likeness (QED) is 0.234. The van der Waals surface area contributed by atoms with Gasteiger partial charge >= 0.3 is 0 Å². The smallest absolute Gasteiger partial charge is 0.175 e. The number of benzene rings is 4. The van der Waals surface area contributed by atoms with Crippen LogP contribution in [-0.2, 0) is 0 Å². The Labute approximate surface area is 191 Å². The van der Waals surface area contributed by atoms with E-state index in [1.54, 1.807) is 0 Å². The minimum absolute atomic E-state index is 0.355. The van der Waals surface area contributed by atoms with Crippen molar-refractivity contribution in [3.8, 4) is 11.1 Å². The lowest BCUT2D eigenvalue weighted by Crippen LogP contribution is -2.50. The Morgan fingerprint density at radius 2 is 1.32 bits per heavy atom. The maximum absolute atomic E-state index is 2.45. The summed E-state index contributed by atoms with van der Waals surface area (Å²) in [6.45, 7) is 14.2. The molecule has 0 N–H and O–H groups in total. The van der Waals surface area contributed by atoms with Crippen molar-refractivity contribution in [2.75, 3.05) is 0 Å². The molecule has 156 valence electrons. The molecule has 31 heavy (non-hydrogen) atoms. The molecule has 0 amide bonds. The average molecular weight is 422 g/mol. The zero-order valence-electron chi connectivity index (χ0n) is 19.5. The maximum Gasteiger partial charge on any atom is 0.222 e. The minimum atomic E-state index is 0.355. The summed E-state index contributed by atoms with van der Waals surface area (Å²) in [7, 11) is 0. The van der Waals surface area contributed by atoms with Gasteiger partial charge in [0.25, 0.3) is 0 Å². The van der Waals surface area contributed by atoms with Gasteiger partial charge in [-0.25, -0.2) is 0 Å². The molecule has 5 rings (SSSR count). The Morgan fingerprint density at radius 3 is 1.94 bits per heavy atom. The Morgan fingerprint density at radius 1 is 0.742 bits per heavy atom. The lowest BCUT2D eigenvalue weighted by molar-refractivity contribution is 0.246. The van der Waals surface area contributed by atoms with Gasteiger partial charge in [-0.3, -0.25) is 0 Å². The summed E-state index contributed by atoms with van der Waals surface area (Å²) >= 11 is 2.07. The summed E-state index contributed by atoms with van der Waals surface area (Å²) in [4.78, 5) is 1.39. The number of aryl methyl sites for hydroxylation is 2. The Balaban J connectivity index is 1.67. The highest BCUT2D eigenvalue weighted by Gasteiger charge is 2.56. The van der Waals surface area contributed by atoms with Crippen LogP contribution in [-0.4, -0.2) is 5.99 Å². The standard InChI is InChI=1S/C29H31BS/c1-19-15-16-21(31-30-18-28(3,4)29(30,5)6)17-26(19)27-20(2)22-11-7-8-12-23(22)24-13-9-10-14-25(24)27/h7-17H,18H2,1-6H3. The highest BCUT2D eigenvalue weighted by atomic mass is 32.2. The van der Waals surface area contributed by atoms with Crippen LogP contribution in [0.1, 0.15) is 38.8 Å². The summed E-state index contributed by atoms with van der Waals surface area (Å²) in [5.74, 6) is 0.674. The number of fused-ring (bicyclic) bond motifs is 3.